The topological polar surface area (TPSA) is 32.8 Å². The minimum absolute atomic E-state index is 0.116. The van der Waals surface area contributed by atoms with Gasteiger partial charge in [-0.3, -0.25) is 9.69 Å². The number of likely N-dealkylation sites (N-methyl/N-ethyl adjacent to an activating group) is 1. The third-order valence-corrected chi connectivity index (χ3v) is 3.83. The zero-order chi connectivity index (χ0) is 13.8. The van der Waals surface area contributed by atoms with Gasteiger partial charge < -0.3 is 9.64 Å². The summed E-state index contributed by atoms with van der Waals surface area (Å²) in [5, 5.41) is 0. The molecule has 4 nitrogen and oxygen atoms in total. The van der Waals surface area contributed by atoms with Gasteiger partial charge >= 0.3 is 5.97 Å². The highest BCUT2D eigenvalue weighted by molar-refractivity contribution is 5.76. The summed E-state index contributed by atoms with van der Waals surface area (Å²) in [5.74, 6) is -0.116. The van der Waals surface area contributed by atoms with Gasteiger partial charge in [0, 0.05) is 19.1 Å². The largest absolute Gasteiger partial charge is 0.469 e. The molecule has 0 amide bonds. The molecule has 106 valence electrons. The second-order valence-electron chi connectivity index (χ2n) is 6.02. The normalized spacial score (nSPS) is 23.7. The minimum Gasteiger partial charge on any atom is -0.469 e. The Labute approximate surface area is 111 Å². The maximum Gasteiger partial charge on any atom is 0.312 e. The van der Waals surface area contributed by atoms with E-state index in [0.717, 1.165) is 32.6 Å². The highest BCUT2D eigenvalue weighted by atomic mass is 16.5. The molecule has 18 heavy (non-hydrogen) atoms. The van der Waals surface area contributed by atoms with Crippen LogP contribution in [0.3, 0.4) is 0 Å². The van der Waals surface area contributed by atoms with Gasteiger partial charge in [0.15, 0.2) is 0 Å². The van der Waals surface area contributed by atoms with Crippen molar-refractivity contribution in [1.82, 2.24) is 9.80 Å². The number of hydrogen-bond acceptors (Lipinski definition) is 4. The number of esters is 1. The standard InChI is InChI=1S/C14H28N2O2/c1-6-12-10-15(4)8-7-9-16(12)11-14(2,3)13(17)18-5/h12H,6-11H2,1-5H3. The smallest absolute Gasteiger partial charge is 0.312 e. The van der Waals surface area contributed by atoms with Crippen molar-refractivity contribution >= 4 is 5.97 Å². The van der Waals surface area contributed by atoms with E-state index in [0.29, 0.717) is 6.04 Å². The van der Waals surface area contributed by atoms with Gasteiger partial charge in [-0.25, -0.2) is 0 Å². The summed E-state index contributed by atoms with van der Waals surface area (Å²) in [6.45, 7) is 10.3. The summed E-state index contributed by atoms with van der Waals surface area (Å²) < 4.78 is 4.90. The quantitative estimate of drug-likeness (QED) is 0.715. The van der Waals surface area contributed by atoms with E-state index in [1.54, 1.807) is 0 Å². The zero-order valence-electron chi connectivity index (χ0n) is 12.5. The van der Waals surface area contributed by atoms with Crippen LogP contribution in [0.5, 0.6) is 0 Å². The van der Waals surface area contributed by atoms with Crippen molar-refractivity contribution in [2.24, 2.45) is 5.41 Å². The van der Waals surface area contributed by atoms with Crippen molar-refractivity contribution in [3.63, 3.8) is 0 Å². The summed E-state index contributed by atoms with van der Waals surface area (Å²) in [6, 6.07) is 0.543. The Morgan fingerprint density at radius 1 is 1.39 bits per heavy atom. The van der Waals surface area contributed by atoms with E-state index >= 15 is 0 Å². The lowest BCUT2D eigenvalue weighted by atomic mass is 9.92. The lowest BCUT2D eigenvalue weighted by molar-refractivity contribution is -0.152. The molecule has 1 atom stereocenters. The molecule has 1 saturated heterocycles. The van der Waals surface area contributed by atoms with Crippen LogP contribution < -0.4 is 0 Å². The predicted molar refractivity (Wildman–Crippen MR) is 73.6 cm³/mol. The molecule has 0 saturated carbocycles. The molecule has 0 aromatic heterocycles. The molecule has 4 heteroatoms. The Balaban J connectivity index is 2.70. The molecule has 1 fully saturated rings. The number of carbonyl (C=O) groups excluding carboxylic acids is 1. The number of nitrogens with zero attached hydrogens (tertiary/aromatic N) is 2. The number of ether oxygens (including phenoxy) is 1. The summed E-state index contributed by atoms with van der Waals surface area (Å²) in [4.78, 5) is 16.6. The maximum atomic E-state index is 11.8. The zero-order valence-corrected chi connectivity index (χ0v) is 12.5. The van der Waals surface area contributed by atoms with Crippen LogP contribution in [0.2, 0.25) is 0 Å². The minimum atomic E-state index is -0.426. The highest BCUT2D eigenvalue weighted by Crippen LogP contribution is 2.22. The van der Waals surface area contributed by atoms with Gasteiger partial charge in [0.05, 0.1) is 12.5 Å². The number of methoxy groups -OCH3 is 1. The van der Waals surface area contributed by atoms with Crippen LogP contribution >= 0.6 is 0 Å². The summed E-state index contributed by atoms with van der Waals surface area (Å²) in [5.41, 5.74) is -0.426. The fraction of sp³-hybridized carbons (Fsp3) is 0.929. The molecule has 0 radical (unpaired) electrons. The molecule has 1 unspecified atom stereocenters. The molecule has 0 aromatic rings. The van der Waals surface area contributed by atoms with Gasteiger partial charge in [0.1, 0.15) is 0 Å². The highest BCUT2D eigenvalue weighted by Gasteiger charge is 2.34. The van der Waals surface area contributed by atoms with Crippen LogP contribution in [0.15, 0.2) is 0 Å². The molecule has 0 bridgehead atoms. The SMILES string of the molecule is CCC1CN(C)CCCN1CC(C)(C)C(=O)OC. The Morgan fingerprint density at radius 2 is 2.06 bits per heavy atom. The first kappa shape index (κ1) is 15.4. The van der Waals surface area contributed by atoms with Crippen molar-refractivity contribution in [1.29, 1.82) is 0 Å². The van der Waals surface area contributed by atoms with Crippen LogP contribution in [0.1, 0.15) is 33.6 Å². The van der Waals surface area contributed by atoms with Crippen LogP contribution in [0.25, 0.3) is 0 Å². The lowest BCUT2D eigenvalue weighted by Crippen LogP contribution is -2.46. The fourth-order valence-corrected chi connectivity index (χ4v) is 2.74. The van der Waals surface area contributed by atoms with E-state index in [-0.39, 0.29) is 5.97 Å². The van der Waals surface area contributed by atoms with E-state index in [9.17, 15) is 4.79 Å². The van der Waals surface area contributed by atoms with E-state index < -0.39 is 5.41 Å². The molecule has 1 rings (SSSR count). The van der Waals surface area contributed by atoms with Gasteiger partial charge in [-0.15, -0.1) is 0 Å². The molecule has 1 heterocycles. The first-order valence-corrected chi connectivity index (χ1v) is 6.91. The monoisotopic (exact) mass is 256 g/mol. The molecule has 0 N–H and O–H groups in total. The van der Waals surface area contributed by atoms with Gasteiger partial charge in [-0.1, -0.05) is 6.92 Å². The van der Waals surface area contributed by atoms with E-state index in [4.69, 9.17) is 4.74 Å². The van der Waals surface area contributed by atoms with Gasteiger partial charge in [-0.2, -0.15) is 0 Å². The second kappa shape index (κ2) is 6.53. The second-order valence-corrected chi connectivity index (χ2v) is 6.02. The molecular weight excluding hydrogens is 228 g/mol. The third-order valence-electron chi connectivity index (χ3n) is 3.83. The van der Waals surface area contributed by atoms with Crippen molar-refractivity contribution < 1.29 is 9.53 Å². The molecule has 0 aromatic carbocycles. The number of carbonyl (C=O) groups is 1. The van der Waals surface area contributed by atoms with Crippen LogP contribution in [-0.2, 0) is 9.53 Å². The molecular formula is C14H28N2O2. The van der Waals surface area contributed by atoms with Crippen LogP contribution in [0, 0.1) is 5.41 Å². The fourth-order valence-electron chi connectivity index (χ4n) is 2.74. The molecule has 1 aliphatic heterocycles. The molecule has 1 aliphatic rings. The molecule has 0 aliphatic carbocycles. The number of rotatable bonds is 4. The number of hydrogen-bond donors (Lipinski definition) is 0. The average Bonchev–Trinajstić information content (AvgIpc) is 2.49. The van der Waals surface area contributed by atoms with Crippen molar-refractivity contribution in [2.45, 2.75) is 39.7 Å². The third kappa shape index (κ3) is 3.95. The van der Waals surface area contributed by atoms with Gasteiger partial charge in [0.2, 0.25) is 0 Å². The van der Waals surface area contributed by atoms with Gasteiger partial charge in [0.25, 0.3) is 0 Å². The average molecular weight is 256 g/mol. The first-order chi connectivity index (χ1) is 8.40. The first-order valence-electron chi connectivity index (χ1n) is 6.91. The van der Waals surface area contributed by atoms with E-state index in [2.05, 4.69) is 23.8 Å². The Kier molecular flexibility index (Phi) is 5.60. The predicted octanol–water partition coefficient (Wildman–Crippen LogP) is 1.60. The van der Waals surface area contributed by atoms with E-state index in [1.165, 1.54) is 13.5 Å². The van der Waals surface area contributed by atoms with Crippen molar-refractivity contribution in [2.75, 3.05) is 40.3 Å². The Morgan fingerprint density at radius 3 is 2.61 bits per heavy atom. The summed E-state index contributed by atoms with van der Waals surface area (Å²) in [7, 11) is 3.65. The Bertz CT molecular complexity index is 279. The maximum absolute atomic E-state index is 11.8. The Hall–Kier alpha value is -0.610. The van der Waals surface area contributed by atoms with E-state index in [1.807, 2.05) is 13.8 Å². The lowest BCUT2D eigenvalue weighted by Gasteiger charge is -2.35. The van der Waals surface area contributed by atoms with Crippen molar-refractivity contribution in [3.8, 4) is 0 Å². The van der Waals surface area contributed by atoms with Crippen LogP contribution in [-0.4, -0.2) is 62.1 Å². The van der Waals surface area contributed by atoms with Gasteiger partial charge in [-0.05, 0) is 46.8 Å². The van der Waals surface area contributed by atoms with Crippen molar-refractivity contribution in [3.05, 3.63) is 0 Å². The summed E-state index contributed by atoms with van der Waals surface area (Å²) in [6.07, 6.45) is 2.30. The summed E-state index contributed by atoms with van der Waals surface area (Å²) >= 11 is 0. The molecule has 0 spiro atoms. The van der Waals surface area contributed by atoms with Crippen LogP contribution in [0.4, 0.5) is 0 Å².